The number of aliphatic hydroxyl groups excluding tert-OH is 2. The molecule has 0 saturated heterocycles. The molecule has 43 heavy (non-hydrogen) atoms. The second-order valence-corrected chi connectivity index (χ2v) is 13.4. The van der Waals surface area contributed by atoms with Crippen molar-refractivity contribution in [1.29, 1.82) is 0 Å². The van der Waals surface area contributed by atoms with Crippen LogP contribution < -0.4 is 5.73 Å². The average Bonchev–Trinajstić information content (AvgIpc) is 3.81. The Labute approximate surface area is 247 Å². The Morgan fingerprint density at radius 2 is 1.70 bits per heavy atom. The Bertz CT molecular complexity index is 1430. The monoisotopic (exact) mass is 605 g/mol. The predicted molar refractivity (Wildman–Crippen MR) is 149 cm³/mol. The molecule has 5 aliphatic carbocycles. The number of halogens is 3. The fourth-order valence-corrected chi connectivity index (χ4v) is 7.73. The Balaban J connectivity index is 1.45. The van der Waals surface area contributed by atoms with E-state index in [1.54, 1.807) is 14.1 Å². The highest BCUT2D eigenvalue weighted by Gasteiger charge is 2.59. The van der Waals surface area contributed by atoms with Crippen molar-refractivity contribution in [3.8, 4) is 5.75 Å². The molecule has 9 nitrogen and oxygen atoms in total. The Morgan fingerprint density at radius 3 is 2.21 bits per heavy atom. The van der Waals surface area contributed by atoms with E-state index in [1.165, 1.54) is 4.90 Å². The van der Waals surface area contributed by atoms with Gasteiger partial charge in [0.15, 0.2) is 5.78 Å². The van der Waals surface area contributed by atoms with Crippen LogP contribution in [0.25, 0.3) is 0 Å². The van der Waals surface area contributed by atoms with Crippen molar-refractivity contribution in [2.45, 2.75) is 69.3 Å². The van der Waals surface area contributed by atoms with Crippen LogP contribution >= 0.6 is 0 Å². The van der Waals surface area contributed by atoms with Crippen LogP contribution in [-0.2, 0) is 23.9 Å². The summed E-state index contributed by atoms with van der Waals surface area (Å²) in [5.41, 5.74) is 0.830. The minimum atomic E-state index is -4.81. The molecule has 12 heteroatoms. The number of hydrogen-bond donors (Lipinski definition) is 5. The lowest BCUT2D eigenvalue weighted by atomic mass is 9.59. The Hall–Kier alpha value is -3.09. The van der Waals surface area contributed by atoms with Crippen LogP contribution in [0.3, 0.4) is 0 Å². The number of phenols is 1. The van der Waals surface area contributed by atoms with Crippen LogP contribution in [0.1, 0.15) is 65.6 Å². The lowest BCUT2D eigenvalue weighted by molar-refractivity contribution is -0.139. The number of nitrogens with two attached hydrogens (primary N) is 1. The number of ketones is 1. The normalized spacial score (nSPS) is 29.2. The maximum absolute atomic E-state index is 14.9. The molecule has 2 saturated carbocycles. The van der Waals surface area contributed by atoms with Gasteiger partial charge in [0, 0.05) is 37.5 Å². The number of amides is 1. The third-order valence-electron chi connectivity index (χ3n) is 10.0. The smallest absolute Gasteiger partial charge is 0.417 e. The first kappa shape index (κ1) is 30.0. The quantitative estimate of drug-likeness (QED) is 0.302. The SMILES string of the molecule is CN(C)[C@@H]1C(O)=C(C(N)=O)C[C@@]2(O)C(O)=C3C(=O)c4c(O)cc(CN(CC5CC5)CC5CC5)c(C(F)(F)F)c4C[C@H]3C[C@@H]12. The van der Waals surface area contributed by atoms with E-state index < -0.39 is 70.4 Å². The van der Waals surface area contributed by atoms with Crippen LogP contribution in [0, 0.1) is 23.7 Å². The van der Waals surface area contributed by atoms with E-state index in [2.05, 4.69) is 0 Å². The first-order valence-corrected chi connectivity index (χ1v) is 14.9. The number of likely N-dealkylation sites (N-methyl/N-ethyl adjacent to an activating group) is 1. The minimum Gasteiger partial charge on any atom is -0.510 e. The molecule has 0 heterocycles. The number of primary amides is 1. The molecule has 4 atom stereocenters. The van der Waals surface area contributed by atoms with E-state index in [9.17, 15) is 43.2 Å². The van der Waals surface area contributed by atoms with Gasteiger partial charge in [0.1, 0.15) is 22.9 Å². The molecule has 1 aromatic carbocycles. The van der Waals surface area contributed by atoms with Crippen molar-refractivity contribution in [3.05, 3.63) is 51.0 Å². The lowest BCUT2D eigenvalue weighted by Gasteiger charge is -2.51. The van der Waals surface area contributed by atoms with Gasteiger partial charge in [-0.15, -0.1) is 0 Å². The van der Waals surface area contributed by atoms with Gasteiger partial charge in [-0.05, 0) is 87.6 Å². The van der Waals surface area contributed by atoms with Crippen LogP contribution in [0.4, 0.5) is 13.2 Å². The van der Waals surface area contributed by atoms with Crippen LogP contribution in [0.2, 0.25) is 0 Å². The number of hydrogen-bond acceptors (Lipinski definition) is 8. The number of benzene rings is 1. The van der Waals surface area contributed by atoms with Crippen molar-refractivity contribution >= 4 is 11.7 Å². The molecule has 6 N–H and O–H groups in total. The van der Waals surface area contributed by atoms with E-state index in [-0.39, 0.29) is 47.4 Å². The van der Waals surface area contributed by atoms with Gasteiger partial charge in [-0.3, -0.25) is 19.4 Å². The van der Waals surface area contributed by atoms with E-state index in [1.807, 2.05) is 4.90 Å². The van der Waals surface area contributed by atoms with E-state index in [0.717, 1.165) is 31.7 Å². The second-order valence-electron chi connectivity index (χ2n) is 13.4. The maximum atomic E-state index is 14.9. The third-order valence-corrected chi connectivity index (χ3v) is 10.0. The molecule has 5 aliphatic rings. The summed E-state index contributed by atoms with van der Waals surface area (Å²) in [6.07, 6.45) is -1.56. The van der Waals surface area contributed by atoms with Gasteiger partial charge >= 0.3 is 6.18 Å². The van der Waals surface area contributed by atoms with Gasteiger partial charge < -0.3 is 26.2 Å². The molecular formula is C31H38F3N3O6. The van der Waals surface area contributed by atoms with Gasteiger partial charge in [0.05, 0.1) is 22.7 Å². The summed E-state index contributed by atoms with van der Waals surface area (Å²) >= 11 is 0. The molecule has 2 fully saturated rings. The number of carbonyl (C=O) groups is 2. The molecule has 0 aromatic heterocycles. The highest BCUT2D eigenvalue weighted by atomic mass is 19.4. The molecule has 0 bridgehead atoms. The van der Waals surface area contributed by atoms with Gasteiger partial charge in [-0.25, -0.2) is 0 Å². The van der Waals surface area contributed by atoms with Gasteiger partial charge in [0.2, 0.25) is 5.91 Å². The predicted octanol–water partition coefficient (Wildman–Crippen LogP) is 3.58. The summed E-state index contributed by atoms with van der Waals surface area (Å²) in [4.78, 5) is 29.6. The average molecular weight is 606 g/mol. The van der Waals surface area contributed by atoms with E-state index >= 15 is 0 Å². The summed E-state index contributed by atoms with van der Waals surface area (Å²) in [5.74, 6) is -4.72. The zero-order valence-electron chi connectivity index (χ0n) is 24.2. The first-order valence-electron chi connectivity index (χ1n) is 14.9. The molecule has 234 valence electrons. The number of nitrogens with zero attached hydrogens (tertiary/aromatic N) is 2. The maximum Gasteiger partial charge on any atom is 0.417 e. The molecule has 1 amide bonds. The second kappa shape index (κ2) is 10.2. The fourth-order valence-electron chi connectivity index (χ4n) is 7.73. The van der Waals surface area contributed by atoms with Crippen molar-refractivity contribution in [2.75, 3.05) is 27.2 Å². The molecule has 6 rings (SSSR count). The number of rotatable bonds is 8. The van der Waals surface area contributed by atoms with Crippen LogP contribution in [-0.4, -0.2) is 80.7 Å². The summed E-state index contributed by atoms with van der Waals surface area (Å²) in [7, 11) is 3.17. The summed E-state index contributed by atoms with van der Waals surface area (Å²) in [6.45, 7) is 1.37. The molecule has 1 aromatic rings. The highest BCUT2D eigenvalue weighted by molar-refractivity contribution is 6.13. The number of aliphatic hydroxyl groups is 3. The number of Topliss-reactive ketones (excluding diaryl/α,β-unsaturated/α-hetero) is 1. The lowest BCUT2D eigenvalue weighted by Crippen LogP contribution is -2.59. The number of fused-ring (bicyclic) bond motifs is 3. The standard InChI is InChI=1S/C31H38F3N3O6/c1-36(2)25-20-8-16-7-18-23(27(40)22(16)28(41)30(20,43)10-19(26(25)39)29(35)42)21(38)9-17(24(18)31(32,33)34)13-37(11-14-3-4-14)12-15-5-6-15/h9,14-16,20,25,38-39,41,43H,3-8,10-13H2,1-2H3,(H2,35,42)/t16-,20-,25-,30-/m0/s1. The highest BCUT2D eigenvalue weighted by Crippen LogP contribution is 2.55. The van der Waals surface area contributed by atoms with E-state index in [0.29, 0.717) is 24.9 Å². The van der Waals surface area contributed by atoms with Crippen LogP contribution in [0.15, 0.2) is 28.7 Å². The van der Waals surface area contributed by atoms with Crippen LogP contribution in [0.5, 0.6) is 5.75 Å². The topological polar surface area (TPSA) is 148 Å². The number of aromatic hydroxyl groups is 1. The summed E-state index contributed by atoms with van der Waals surface area (Å²) in [6, 6.07) is 0.0286. The minimum absolute atomic E-state index is 0.00483. The number of phenolic OH excluding ortho intramolecular Hbond substituents is 1. The van der Waals surface area contributed by atoms with Gasteiger partial charge in [-0.2, -0.15) is 13.2 Å². The molecule has 0 radical (unpaired) electrons. The third kappa shape index (κ3) is 5.10. The van der Waals surface area contributed by atoms with E-state index in [4.69, 9.17) is 5.73 Å². The van der Waals surface area contributed by atoms with Gasteiger partial charge in [0.25, 0.3) is 0 Å². The molecular weight excluding hydrogens is 567 g/mol. The van der Waals surface area contributed by atoms with Crippen molar-refractivity contribution in [2.24, 2.45) is 29.4 Å². The number of alkyl halides is 3. The first-order chi connectivity index (χ1) is 20.1. The van der Waals surface area contributed by atoms with Crippen molar-refractivity contribution in [3.63, 3.8) is 0 Å². The van der Waals surface area contributed by atoms with Crippen molar-refractivity contribution < 1.29 is 43.2 Å². The zero-order valence-corrected chi connectivity index (χ0v) is 24.2. The molecule has 0 unspecified atom stereocenters. The molecule has 0 spiro atoms. The fraction of sp³-hybridized carbons (Fsp3) is 0.613. The Morgan fingerprint density at radius 1 is 1.09 bits per heavy atom. The number of allylic oxidation sites excluding steroid dienone is 1. The summed E-state index contributed by atoms with van der Waals surface area (Å²) in [5, 5.41) is 45.2. The summed E-state index contributed by atoms with van der Waals surface area (Å²) < 4.78 is 44.6. The van der Waals surface area contributed by atoms with Gasteiger partial charge in [-0.1, -0.05) is 0 Å². The zero-order chi connectivity index (χ0) is 31.2. The number of carbonyl (C=O) groups excluding carboxylic acids is 2. The van der Waals surface area contributed by atoms with Crippen molar-refractivity contribution in [1.82, 2.24) is 9.80 Å². The Kier molecular flexibility index (Phi) is 7.13. The molecule has 0 aliphatic heterocycles. The largest absolute Gasteiger partial charge is 0.510 e.